The molecule has 0 fully saturated rings. The average Bonchev–Trinajstić information content (AvgIpc) is 3.27. The number of para-hydroxylation sites is 1. The van der Waals surface area contributed by atoms with Crippen molar-refractivity contribution in [1.29, 1.82) is 0 Å². The van der Waals surface area contributed by atoms with Crippen LogP contribution in [0, 0.1) is 0 Å². The molecule has 0 aliphatic carbocycles. The average molecular weight is 493 g/mol. The van der Waals surface area contributed by atoms with E-state index in [4.69, 9.17) is 10.8 Å². The van der Waals surface area contributed by atoms with Crippen LogP contribution in [-0.2, 0) is 38.6 Å². The molecule has 1 aliphatic heterocycles. The van der Waals surface area contributed by atoms with Crippen LogP contribution in [0.4, 0.5) is 0 Å². The van der Waals surface area contributed by atoms with Crippen molar-refractivity contribution in [2.24, 2.45) is 5.73 Å². The van der Waals surface area contributed by atoms with E-state index in [-0.39, 0.29) is 25.8 Å². The second-order valence-corrected chi connectivity index (χ2v) is 8.96. The number of aromatic amines is 1. The van der Waals surface area contributed by atoms with Crippen molar-refractivity contribution in [1.82, 2.24) is 15.2 Å². The van der Waals surface area contributed by atoms with Crippen LogP contribution in [0.3, 0.4) is 0 Å². The molecule has 4 rings (SSSR count). The summed E-state index contributed by atoms with van der Waals surface area (Å²) in [7, 11) is 0. The predicted octanol–water partition coefficient (Wildman–Crippen LogP) is 1.43. The number of hydrogen-bond acceptors (Lipinski definition) is 5. The van der Waals surface area contributed by atoms with E-state index in [2.05, 4.69) is 10.3 Å². The van der Waals surface area contributed by atoms with Crippen molar-refractivity contribution < 1.29 is 29.4 Å². The Morgan fingerprint density at radius 2 is 1.75 bits per heavy atom. The maximum atomic E-state index is 13.5. The summed E-state index contributed by atoms with van der Waals surface area (Å²) in [6, 6.07) is 11.8. The van der Waals surface area contributed by atoms with Gasteiger partial charge < -0.3 is 31.1 Å². The molecule has 1 aromatic heterocycles. The Balaban J connectivity index is 1.56. The Morgan fingerprint density at radius 3 is 2.47 bits per heavy atom. The quantitative estimate of drug-likeness (QED) is 0.301. The van der Waals surface area contributed by atoms with Gasteiger partial charge in [0.25, 0.3) is 0 Å². The molecule has 36 heavy (non-hydrogen) atoms. The number of nitrogens with two attached hydrogens (primary N) is 1. The molecule has 0 bridgehead atoms. The van der Waals surface area contributed by atoms with E-state index in [0.29, 0.717) is 0 Å². The molecule has 0 saturated carbocycles. The highest BCUT2D eigenvalue weighted by Crippen LogP contribution is 2.26. The number of benzene rings is 2. The van der Waals surface area contributed by atoms with E-state index in [1.807, 2.05) is 54.7 Å². The number of aliphatic carboxylic acids is 2. The Labute approximate surface area is 207 Å². The number of aromatic nitrogens is 1. The van der Waals surface area contributed by atoms with Gasteiger partial charge in [0.05, 0.1) is 6.04 Å². The number of carboxylic acid groups (broad SMARTS) is 2. The summed E-state index contributed by atoms with van der Waals surface area (Å²) in [6.07, 6.45) is 1.58. The topological polar surface area (TPSA) is 166 Å². The van der Waals surface area contributed by atoms with Crippen LogP contribution in [0.2, 0.25) is 0 Å². The lowest BCUT2D eigenvalue weighted by Crippen LogP contribution is -2.58. The number of rotatable bonds is 9. The highest BCUT2D eigenvalue weighted by molar-refractivity contribution is 5.93. The molecule has 2 amide bonds. The fraction of sp³-hybridized carbons (Fsp3) is 0.308. The van der Waals surface area contributed by atoms with Gasteiger partial charge in [-0.2, -0.15) is 0 Å². The fourth-order valence-corrected chi connectivity index (χ4v) is 4.62. The zero-order valence-corrected chi connectivity index (χ0v) is 19.5. The molecule has 2 heterocycles. The maximum absolute atomic E-state index is 13.5. The molecular weight excluding hydrogens is 464 g/mol. The van der Waals surface area contributed by atoms with Gasteiger partial charge in [0.1, 0.15) is 12.1 Å². The SMILES string of the molecule is N[C@@H](Cc1c[nH]c2ccccc12)C(=O)N1Cc2ccccc2C[C@H]1C(=O)N[C@@H](CCC(=O)O)C(=O)O. The van der Waals surface area contributed by atoms with Gasteiger partial charge in [-0.3, -0.25) is 14.4 Å². The smallest absolute Gasteiger partial charge is 0.326 e. The van der Waals surface area contributed by atoms with Gasteiger partial charge >= 0.3 is 11.9 Å². The second-order valence-electron chi connectivity index (χ2n) is 8.96. The number of nitrogens with one attached hydrogen (secondary N) is 2. The van der Waals surface area contributed by atoms with Gasteiger partial charge in [-0.25, -0.2) is 4.79 Å². The first-order valence-electron chi connectivity index (χ1n) is 11.7. The normalized spacial score (nSPS) is 16.7. The molecule has 0 unspecified atom stereocenters. The molecule has 2 aromatic carbocycles. The molecule has 1 aliphatic rings. The monoisotopic (exact) mass is 492 g/mol. The van der Waals surface area contributed by atoms with Crippen molar-refractivity contribution >= 4 is 34.7 Å². The van der Waals surface area contributed by atoms with Gasteiger partial charge in [0.2, 0.25) is 11.8 Å². The Kier molecular flexibility index (Phi) is 7.35. The molecule has 0 spiro atoms. The lowest BCUT2D eigenvalue weighted by Gasteiger charge is -2.37. The first-order valence-corrected chi connectivity index (χ1v) is 11.7. The zero-order valence-electron chi connectivity index (χ0n) is 19.5. The third kappa shape index (κ3) is 5.38. The Bertz CT molecular complexity index is 1300. The highest BCUT2D eigenvalue weighted by Gasteiger charge is 2.38. The Morgan fingerprint density at radius 1 is 1.06 bits per heavy atom. The van der Waals surface area contributed by atoms with Gasteiger partial charge in [0, 0.05) is 36.5 Å². The van der Waals surface area contributed by atoms with E-state index < -0.39 is 48.3 Å². The summed E-state index contributed by atoms with van der Waals surface area (Å²) in [6.45, 7) is 0.154. The lowest BCUT2D eigenvalue weighted by atomic mass is 9.92. The maximum Gasteiger partial charge on any atom is 0.326 e. The summed E-state index contributed by atoms with van der Waals surface area (Å²) in [4.78, 5) is 53.9. The molecule has 3 aromatic rings. The number of carbonyl (C=O) groups excluding carboxylic acids is 2. The number of carboxylic acids is 2. The number of hydrogen-bond donors (Lipinski definition) is 5. The zero-order chi connectivity index (χ0) is 25.8. The van der Waals surface area contributed by atoms with E-state index in [1.54, 1.807) is 0 Å². The molecule has 10 nitrogen and oxygen atoms in total. The molecule has 6 N–H and O–H groups in total. The third-order valence-corrected chi connectivity index (χ3v) is 6.53. The van der Waals surface area contributed by atoms with E-state index in [1.165, 1.54) is 4.90 Å². The van der Waals surface area contributed by atoms with Gasteiger partial charge in [-0.1, -0.05) is 42.5 Å². The minimum atomic E-state index is -1.39. The number of H-pyrrole nitrogens is 1. The summed E-state index contributed by atoms with van der Waals surface area (Å²) in [5.41, 5.74) is 9.92. The highest BCUT2D eigenvalue weighted by atomic mass is 16.4. The van der Waals surface area contributed by atoms with Crippen LogP contribution >= 0.6 is 0 Å². The lowest BCUT2D eigenvalue weighted by molar-refractivity contribution is -0.146. The minimum absolute atomic E-state index is 0.154. The van der Waals surface area contributed by atoms with E-state index in [9.17, 15) is 24.3 Å². The van der Waals surface area contributed by atoms with Crippen LogP contribution in [0.15, 0.2) is 54.7 Å². The summed E-state index contributed by atoms with van der Waals surface area (Å²) in [5, 5.41) is 21.8. The van der Waals surface area contributed by atoms with Gasteiger partial charge in [0.15, 0.2) is 0 Å². The largest absolute Gasteiger partial charge is 0.481 e. The molecule has 0 saturated heterocycles. The van der Waals surface area contributed by atoms with Crippen LogP contribution in [0.5, 0.6) is 0 Å². The van der Waals surface area contributed by atoms with E-state index in [0.717, 1.165) is 27.6 Å². The number of fused-ring (bicyclic) bond motifs is 2. The second kappa shape index (κ2) is 10.6. The number of nitrogens with zero attached hydrogens (tertiary/aromatic N) is 1. The Hall–Kier alpha value is -4.18. The molecule has 10 heteroatoms. The third-order valence-electron chi connectivity index (χ3n) is 6.53. The molecule has 3 atom stereocenters. The van der Waals surface area contributed by atoms with Crippen molar-refractivity contribution in [3.63, 3.8) is 0 Å². The summed E-state index contributed by atoms with van der Waals surface area (Å²) < 4.78 is 0. The van der Waals surface area contributed by atoms with Crippen LogP contribution < -0.4 is 11.1 Å². The summed E-state index contributed by atoms with van der Waals surface area (Å²) >= 11 is 0. The van der Waals surface area contributed by atoms with Crippen molar-refractivity contribution in [2.45, 2.75) is 50.4 Å². The number of amides is 2. The molecule has 0 radical (unpaired) electrons. The van der Waals surface area contributed by atoms with Crippen LogP contribution in [-0.4, -0.2) is 62.0 Å². The standard InChI is InChI=1S/C26H28N4O6/c27-19(11-17-13-28-20-8-4-3-7-18(17)20)25(34)30-14-16-6-2-1-5-15(16)12-22(30)24(33)29-21(26(35)36)9-10-23(31)32/h1-8,13,19,21-22,28H,9-12,14,27H2,(H,29,33)(H,31,32)(H,35,36)/t19-,21-,22-/m0/s1. The van der Waals surface area contributed by atoms with E-state index >= 15 is 0 Å². The molecule has 188 valence electrons. The van der Waals surface area contributed by atoms with Crippen LogP contribution in [0.1, 0.15) is 29.5 Å². The fourth-order valence-electron chi connectivity index (χ4n) is 4.62. The van der Waals surface area contributed by atoms with Gasteiger partial charge in [-0.15, -0.1) is 0 Å². The van der Waals surface area contributed by atoms with Gasteiger partial charge in [-0.05, 0) is 35.6 Å². The van der Waals surface area contributed by atoms with Crippen LogP contribution in [0.25, 0.3) is 10.9 Å². The number of carbonyl (C=O) groups is 4. The summed E-state index contributed by atoms with van der Waals surface area (Å²) in [5.74, 6) is -3.58. The van der Waals surface area contributed by atoms with Crippen molar-refractivity contribution in [3.05, 3.63) is 71.4 Å². The van der Waals surface area contributed by atoms with Crippen molar-refractivity contribution in [3.8, 4) is 0 Å². The predicted molar refractivity (Wildman–Crippen MR) is 131 cm³/mol. The first kappa shape index (κ1) is 24.9. The first-order chi connectivity index (χ1) is 17.2. The minimum Gasteiger partial charge on any atom is -0.481 e. The molecular formula is C26H28N4O6. The van der Waals surface area contributed by atoms with Crippen molar-refractivity contribution in [2.75, 3.05) is 0 Å².